The number of hydrogen-bond donors (Lipinski definition) is 1. The second kappa shape index (κ2) is 7.32. The van der Waals surface area contributed by atoms with Gasteiger partial charge in [0.05, 0.1) is 18.3 Å². The highest BCUT2D eigenvalue weighted by molar-refractivity contribution is 5.59. The summed E-state index contributed by atoms with van der Waals surface area (Å²) in [7, 11) is 0. The molecule has 1 N–H and O–H groups in total. The Labute approximate surface area is 157 Å². The van der Waals surface area contributed by atoms with Crippen molar-refractivity contribution in [2.75, 3.05) is 18.0 Å². The Morgan fingerprint density at radius 3 is 2.59 bits per heavy atom. The summed E-state index contributed by atoms with van der Waals surface area (Å²) in [4.78, 5) is 23.4. The fourth-order valence-corrected chi connectivity index (χ4v) is 3.41. The van der Waals surface area contributed by atoms with Crippen molar-refractivity contribution in [3.8, 4) is 11.3 Å². The topological polar surface area (TPSA) is 71.2 Å². The van der Waals surface area contributed by atoms with Crippen LogP contribution in [0.1, 0.15) is 23.7 Å². The lowest BCUT2D eigenvalue weighted by Gasteiger charge is -2.32. The van der Waals surface area contributed by atoms with E-state index in [-0.39, 0.29) is 5.56 Å². The number of rotatable bonds is 4. The third-order valence-electron chi connectivity index (χ3n) is 4.91. The molecular formula is C21H22N4O2. The molecule has 3 heterocycles. The molecule has 6 nitrogen and oxygen atoms in total. The van der Waals surface area contributed by atoms with Crippen LogP contribution in [0, 0.1) is 6.92 Å². The molecule has 0 radical (unpaired) electrons. The zero-order chi connectivity index (χ0) is 18.8. The van der Waals surface area contributed by atoms with Gasteiger partial charge in [0.25, 0.3) is 5.56 Å². The van der Waals surface area contributed by atoms with Gasteiger partial charge in [-0.05, 0) is 31.0 Å². The van der Waals surface area contributed by atoms with Crippen LogP contribution >= 0.6 is 0 Å². The van der Waals surface area contributed by atoms with E-state index in [1.54, 1.807) is 23.0 Å². The quantitative estimate of drug-likeness (QED) is 0.772. The third kappa shape index (κ3) is 3.61. The first-order valence-corrected chi connectivity index (χ1v) is 9.14. The van der Waals surface area contributed by atoms with Crippen LogP contribution in [0.25, 0.3) is 11.3 Å². The van der Waals surface area contributed by atoms with E-state index in [9.17, 15) is 9.90 Å². The Morgan fingerprint density at radius 1 is 1.11 bits per heavy atom. The molecule has 1 aliphatic rings. The van der Waals surface area contributed by atoms with E-state index in [4.69, 9.17) is 4.98 Å². The molecule has 1 unspecified atom stereocenters. The molecular weight excluding hydrogens is 340 g/mol. The van der Waals surface area contributed by atoms with Crippen molar-refractivity contribution in [2.45, 2.75) is 26.0 Å². The van der Waals surface area contributed by atoms with Gasteiger partial charge >= 0.3 is 0 Å². The van der Waals surface area contributed by atoms with E-state index in [0.29, 0.717) is 24.7 Å². The second-order valence-electron chi connectivity index (χ2n) is 6.89. The first-order valence-electron chi connectivity index (χ1n) is 9.14. The molecule has 0 aliphatic carbocycles. The number of aromatic nitrogens is 3. The molecule has 3 aromatic rings. The van der Waals surface area contributed by atoms with Crippen molar-refractivity contribution in [3.63, 3.8) is 0 Å². The highest BCUT2D eigenvalue weighted by atomic mass is 16.3. The molecule has 0 bridgehead atoms. The second-order valence-corrected chi connectivity index (χ2v) is 6.89. The van der Waals surface area contributed by atoms with Crippen LogP contribution in [-0.2, 0) is 6.54 Å². The van der Waals surface area contributed by atoms with Gasteiger partial charge in [-0.25, -0.2) is 4.98 Å². The van der Waals surface area contributed by atoms with E-state index < -0.39 is 6.10 Å². The SMILES string of the molecule is Cc1ccc(C(O)CN2CCCn3c2nc(-c2ccncc2)cc3=O)cc1. The Balaban J connectivity index is 1.66. The fourth-order valence-electron chi connectivity index (χ4n) is 3.41. The van der Waals surface area contributed by atoms with Crippen LogP contribution in [0.2, 0.25) is 0 Å². The van der Waals surface area contributed by atoms with Gasteiger partial charge in [0.1, 0.15) is 0 Å². The number of aliphatic hydroxyl groups excluding tert-OH is 1. The number of fused-ring (bicyclic) bond motifs is 1. The predicted molar refractivity (Wildman–Crippen MR) is 105 cm³/mol. The number of aliphatic hydroxyl groups is 1. The van der Waals surface area contributed by atoms with Crippen molar-refractivity contribution >= 4 is 5.95 Å². The molecule has 27 heavy (non-hydrogen) atoms. The number of hydrogen-bond acceptors (Lipinski definition) is 5. The molecule has 2 aromatic heterocycles. The molecule has 0 saturated heterocycles. The summed E-state index contributed by atoms with van der Waals surface area (Å²) >= 11 is 0. The van der Waals surface area contributed by atoms with Crippen molar-refractivity contribution < 1.29 is 5.11 Å². The Hall–Kier alpha value is -2.99. The minimum Gasteiger partial charge on any atom is -0.387 e. The Morgan fingerprint density at radius 2 is 1.85 bits per heavy atom. The van der Waals surface area contributed by atoms with Gasteiger partial charge in [-0.2, -0.15) is 0 Å². The largest absolute Gasteiger partial charge is 0.387 e. The first kappa shape index (κ1) is 17.4. The predicted octanol–water partition coefficient (Wildman–Crippen LogP) is 2.56. The Bertz CT molecular complexity index is 983. The highest BCUT2D eigenvalue weighted by Gasteiger charge is 2.23. The summed E-state index contributed by atoms with van der Waals surface area (Å²) in [6, 6.07) is 13.1. The van der Waals surface area contributed by atoms with E-state index in [1.807, 2.05) is 48.2 Å². The standard InChI is InChI=1S/C21H22N4O2/c1-15-3-5-17(6-4-15)19(26)14-24-11-2-12-25-20(27)13-18(23-21(24)25)16-7-9-22-10-8-16/h3-10,13,19,26H,2,11-12,14H2,1H3. The average molecular weight is 362 g/mol. The fraction of sp³-hybridized carbons (Fsp3) is 0.286. The lowest BCUT2D eigenvalue weighted by Crippen LogP contribution is -2.40. The summed E-state index contributed by atoms with van der Waals surface area (Å²) in [6.07, 6.45) is 3.59. The monoisotopic (exact) mass is 362 g/mol. The Kier molecular flexibility index (Phi) is 4.73. The maximum Gasteiger partial charge on any atom is 0.255 e. The summed E-state index contributed by atoms with van der Waals surface area (Å²) in [5, 5.41) is 10.7. The minimum atomic E-state index is -0.640. The zero-order valence-electron chi connectivity index (χ0n) is 15.2. The number of benzene rings is 1. The number of nitrogens with zero attached hydrogens (tertiary/aromatic N) is 4. The lowest BCUT2D eigenvalue weighted by molar-refractivity contribution is 0.181. The lowest BCUT2D eigenvalue weighted by atomic mass is 10.1. The van der Waals surface area contributed by atoms with Gasteiger partial charge < -0.3 is 10.0 Å². The van der Waals surface area contributed by atoms with Crippen molar-refractivity contribution in [1.82, 2.24) is 14.5 Å². The molecule has 0 spiro atoms. The highest BCUT2D eigenvalue weighted by Crippen LogP contribution is 2.24. The van der Waals surface area contributed by atoms with Crippen LogP contribution in [0.4, 0.5) is 5.95 Å². The van der Waals surface area contributed by atoms with E-state index in [1.165, 1.54) is 0 Å². The molecule has 1 atom stereocenters. The number of β-amino-alcohol motifs (C(OH)–C–C–N with tert-alkyl or cyclic N) is 1. The molecule has 138 valence electrons. The maximum atomic E-state index is 12.6. The van der Waals surface area contributed by atoms with Crippen LogP contribution in [-0.4, -0.2) is 32.7 Å². The van der Waals surface area contributed by atoms with Crippen molar-refractivity contribution in [3.05, 3.63) is 76.3 Å². The van der Waals surface area contributed by atoms with E-state index in [0.717, 1.165) is 29.7 Å². The van der Waals surface area contributed by atoms with Crippen LogP contribution in [0.5, 0.6) is 0 Å². The van der Waals surface area contributed by atoms with Gasteiger partial charge in [-0.15, -0.1) is 0 Å². The minimum absolute atomic E-state index is 0.0682. The van der Waals surface area contributed by atoms with Gasteiger partial charge in [-0.1, -0.05) is 29.8 Å². The first-order chi connectivity index (χ1) is 13.1. The van der Waals surface area contributed by atoms with E-state index >= 15 is 0 Å². The van der Waals surface area contributed by atoms with Crippen LogP contribution in [0.15, 0.2) is 59.7 Å². The molecule has 6 heteroatoms. The summed E-state index contributed by atoms with van der Waals surface area (Å²) in [6.45, 7) is 3.83. The van der Waals surface area contributed by atoms with Gasteiger partial charge in [0, 0.05) is 37.1 Å². The summed E-state index contributed by atoms with van der Waals surface area (Å²) < 4.78 is 1.69. The van der Waals surface area contributed by atoms with Gasteiger partial charge in [-0.3, -0.25) is 14.3 Å². The van der Waals surface area contributed by atoms with Crippen molar-refractivity contribution in [1.29, 1.82) is 0 Å². The summed E-state index contributed by atoms with van der Waals surface area (Å²) in [5.41, 5.74) is 3.44. The number of anilines is 1. The maximum absolute atomic E-state index is 12.6. The third-order valence-corrected chi connectivity index (χ3v) is 4.91. The molecule has 1 aromatic carbocycles. The van der Waals surface area contributed by atoms with Gasteiger partial charge in [0.15, 0.2) is 0 Å². The number of pyridine rings is 1. The number of aryl methyl sites for hydroxylation is 1. The van der Waals surface area contributed by atoms with Crippen LogP contribution < -0.4 is 10.5 Å². The van der Waals surface area contributed by atoms with Crippen molar-refractivity contribution in [2.24, 2.45) is 0 Å². The van der Waals surface area contributed by atoms with E-state index in [2.05, 4.69) is 4.98 Å². The molecule has 0 amide bonds. The smallest absolute Gasteiger partial charge is 0.255 e. The summed E-state index contributed by atoms with van der Waals surface area (Å²) in [5.74, 6) is 0.617. The normalized spacial score (nSPS) is 14.7. The zero-order valence-corrected chi connectivity index (χ0v) is 15.2. The molecule has 0 saturated carbocycles. The van der Waals surface area contributed by atoms with Gasteiger partial charge in [0.2, 0.25) is 5.95 Å². The molecule has 0 fully saturated rings. The molecule has 4 rings (SSSR count). The van der Waals surface area contributed by atoms with Crippen LogP contribution in [0.3, 0.4) is 0 Å². The average Bonchev–Trinajstić information content (AvgIpc) is 2.69. The molecule has 1 aliphatic heterocycles.